The predicted octanol–water partition coefficient (Wildman–Crippen LogP) is 2.04. The Hall–Kier alpha value is -2.87. The lowest BCUT2D eigenvalue weighted by atomic mass is 9.76. The van der Waals surface area contributed by atoms with Crippen molar-refractivity contribution in [3.8, 4) is 6.07 Å². The van der Waals surface area contributed by atoms with Crippen LogP contribution in [-0.2, 0) is 16.0 Å². The Bertz CT molecular complexity index is 957. The van der Waals surface area contributed by atoms with Gasteiger partial charge in [-0.05, 0) is 70.7 Å². The summed E-state index contributed by atoms with van der Waals surface area (Å²) in [6.45, 7) is 6.40. The molecule has 2 aliphatic rings. The van der Waals surface area contributed by atoms with Crippen LogP contribution in [0.15, 0.2) is 42.0 Å². The standard InChI is InChI=1S/C26H37BN4O5/c1-26(2,30-13-7-4-8-14-30)17-21(18-28)24(32)31-15-9-12-22(31)19-36-25(33)29-23(27(34)35)16-20-10-5-3-6-11-20/h3,5-6,10-11,17,22-23,34-35H,4,7-9,12-16,19H2,1-2H3,(H,29,33)/b21-17-/t22-,23+/m1/s1. The molecule has 194 valence electrons. The Morgan fingerprint density at radius 3 is 2.53 bits per heavy atom. The van der Waals surface area contributed by atoms with Gasteiger partial charge in [-0.3, -0.25) is 9.69 Å². The monoisotopic (exact) mass is 496 g/mol. The van der Waals surface area contributed by atoms with Crippen LogP contribution in [0.2, 0.25) is 0 Å². The van der Waals surface area contributed by atoms with Crippen molar-refractivity contribution in [3.63, 3.8) is 0 Å². The van der Waals surface area contributed by atoms with Crippen LogP contribution in [0.5, 0.6) is 0 Å². The van der Waals surface area contributed by atoms with Gasteiger partial charge in [0.1, 0.15) is 18.2 Å². The van der Waals surface area contributed by atoms with Crippen LogP contribution < -0.4 is 5.32 Å². The molecule has 0 radical (unpaired) electrons. The normalized spacial score (nSPS) is 19.9. The van der Waals surface area contributed by atoms with E-state index in [2.05, 4.69) is 16.3 Å². The number of nitrogens with one attached hydrogen (secondary N) is 1. The van der Waals surface area contributed by atoms with E-state index in [0.717, 1.165) is 37.9 Å². The van der Waals surface area contributed by atoms with Crippen LogP contribution in [0.3, 0.4) is 0 Å². The molecular weight excluding hydrogens is 459 g/mol. The molecule has 0 unspecified atom stereocenters. The minimum Gasteiger partial charge on any atom is -0.447 e. The lowest BCUT2D eigenvalue weighted by molar-refractivity contribution is -0.128. The van der Waals surface area contributed by atoms with Crippen molar-refractivity contribution in [2.75, 3.05) is 26.2 Å². The molecule has 2 fully saturated rings. The van der Waals surface area contributed by atoms with Gasteiger partial charge in [0.2, 0.25) is 0 Å². The van der Waals surface area contributed by atoms with Crippen LogP contribution in [-0.4, -0.2) is 82.7 Å². The third-order valence-corrected chi connectivity index (χ3v) is 7.03. The molecule has 3 rings (SSSR count). The second-order valence-electron chi connectivity index (χ2n) is 10.1. The summed E-state index contributed by atoms with van der Waals surface area (Å²) in [7, 11) is -1.76. The van der Waals surface area contributed by atoms with Gasteiger partial charge in [-0.2, -0.15) is 5.26 Å². The summed E-state index contributed by atoms with van der Waals surface area (Å²) in [5.41, 5.74) is 0.533. The zero-order chi connectivity index (χ0) is 26.1. The molecule has 9 nitrogen and oxygen atoms in total. The number of hydrogen-bond donors (Lipinski definition) is 3. The van der Waals surface area contributed by atoms with Gasteiger partial charge < -0.3 is 25.0 Å². The fourth-order valence-electron chi connectivity index (χ4n) is 4.95. The van der Waals surface area contributed by atoms with Crippen molar-refractivity contribution in [2.24, 2.45) is 0 Å². The Labute approximate surface area is 213 Å². The number of carbonyl (C=O) groups is 2. The van der Waals surface area contributed by atoms with Gasteiger partial charge >= 0.3 is 13.2 Å². The lowest BCUT2D eigenvalue weighted by Gasteiger charge is -2.39. The minimum absolute atomic E-state index is 0.0363. The number of carbonyl (C=O) groups excluding carboxylic acids is 2. The number of nitrogens with zero attached hydrogens (tertiary/aromatic N) is 3. The van der Waals surface area contributed by atoms with Crippen molar-refractivity contribution in [2.45, 2.75) is 69.9 Å². The molecular formula is C26H37BN4O5. The number of rotatable bonds is 9. The first kappa shape index (κ1) is 27.7. The van der Waals surface area contributed by atoms with Crippen molar-refractivity contribution in [3.05, 3.63) is 47.5 Å². The van der Waals surface area contributed by atoms with Gasteiger partial charge in [0.15, 0.2) is 0 Å². The molecule has 2 aliphatic heterocycles. The molecule has 2 atom stereocenters. The molecule has 0 bridgehead atoms. The Morgan fingerprint density at radius 2 is 1.89 bits per heavy atom. The van der Waals surface area contributed by atoms with Crippen LogP contribution >= 0.6 is 0 Å². The number of amides is 2. The van der Waals surface area contributed by atoms with Gasteiger partial charge in [0, 0.05) is 12.1 Å². The molecule has 1 aromatic rings. The quantitative estimate of drug-likeness (QED) is 0.271. The first-order chi connectivity index (χ1) is 17.2. The fraction of sp³-hybridized carbons (Fsp3) is 0.577. The molecule has 0 aromatic heterocycles. The third-order valence-electron chi connectivity index (χ3n) is 7.03. The van der Waals surface area contributed by atoms with Crippen LogP contribution in [0.1, 0.15) is 51.5 Å². The van der Waals surface area contributed by atoms with Crippen molar-refractivity contribution in [1.82, 2.24) is 15.1 Å². The zero-order valence-electron chi connectivity index (χ0n) is 21.2. The first-order valence-electron chi connectivity index (χ1n) is 12.7. The van der Waals surface area contributed by atoms with Crippen molar-refractivity contribution < 1.29 is 24.4 Å². The van der Waals surface area contributed by atoms with Gasteiger partial charge in [0.05, 0.1) is 12.0 Å². The number of ether oxygens (including phenoxy) is 1. The molecule has 0 spiro atoms. The maximum Gasteiger partial charge on any atom is 0.475 e. The molecule has 10 heteroatoms. The number of nitriles is 1. The number of alkyl carbamates (subject to hydrolysis) is 1. The minimum atomic E-state index is -1.76. The average molecular weight is 496 g/mol. The molecule has 2 amide bonds. The van der Waals surface area contributed by atoms with E-state index in [1.165, 1.54) is 6.42 Å². The average Bonchev–Trinajstić information content (AvgIpc) is 3.35. The van der Waals surface area contributed by atoms with E-state index in [4.69, 9.17) is 4.74 Å². The molecule has 0 aliphatic carbocycles. The van der Waals surface area contributed by atoms with E-state index in [1.807, 2.05) is 44.2 Å². The first-order valence-corrected chi connectivity index (χ1v) is 12.7. The molecule has 0 saturated carbocycles. The van der Waals surface area contributed by atoms with E-state index < -0.39 is 24.7 Å². The molecule has 3 N–H and O–H groups in total. The zero-order valence-corrected chi connectivity index (χ0v) is 21.2. The Morgan fingerprint density at radius 1 is 1.19 bits per heavy atom. The molecule has 2 heterocycles. The van der Waals surface area contributed by atoms with Gasteiger partial charge in [-0.1, -0.05) is 36.8 Å². The summed E-state index contributed by atoms with van der Waals surface area (Å²) in [5, 5.41) is 31.6. The summed E-state index contributed by atoms with van der Waals surface area (Å²) in [6, 6.07) is 10.9. The van der Waals surface area contributed by atoms with E-state index in [-0.39, 0.29) is 30.5 Å². The fourth-order valence-corrected chi connectivity index (χ4v) is 4.95. The van der Waals surface area contributed by atoms with E-state index in [9.17, 15) is 24.9 Å². The van der Waals surface area contributed by atoms with Crippen molar-refractivity contribution >= 4 is 19.1 Å². The number of benzene rings is 1. The number of hydrogen-bond acceptors (Lipinski definition) is 7. The van der Waals surface area contributed by atoms with E-state index in [1.54, 1.807) is 11.0 Å². The highest BCUT2D eigenvalue weighted by atomic mass is 16.5. The maximum absolute atomic E-state index is 13.3. The van der Waals surface area contributed by atoms with Crippen LogP contribution in [0.25, 0.3) is 0 Å². The SMILES string of the molecule is CC(C)(/C=C(/C#N)C(=O)N1CCC[C@@H]1COC(=O)N[C@@H](Cc1ccccc1)B(O)O)N1CCCCC1. The second kappa shape index (κ2) is 12.9. The maximum atomic E-state index is 13.3. The summed E-state index contributed by atoms with van der Waals surface area (Å²) in [6.07, 6.45) is 6.04. The van der Waals surface area contributed by atoms with Gasteiger partial charge in [-0.15, -0.1) is 0 Å². The largest absolute Gasteiger partial charge is 0.475 e. The summed E-state index contributed by atoms with van der Waals surface area (Å²) >= 11 is 0. The summed E-state index contributed by atoms with van der Waals surface area (Å²) in [4.78, 5) is 29.6. The van der Waals surface area contributed by atoms with E-state index in [0.29, 0.717) is 13.0 Å². The van der Waals surface area contributed by atoms with E-state index >= 15 is 0 Å². The summed E-state index contributed by atoms with van der Waals surface area (Å²) in [5.74, 6) is -1.28. The lowest BCUT2D eigenvalue weighted by Crippen LogP contribution is -2.49. The van der Waals surface area contributed by atoms with Crippen molar-refractivity contribution in [1.29, 1.82) is 5.26 Å². The third kappa shape index (κ3) is 7.57. The second-order valence-corrected chi connectivity index (χ2v) is 10.1. The highest BCUT2D eigenvalue weighted by Crippen LogP contribution is 2.25. The Kier molecular flexibility index (Phi) is 9.93. The van der Waals surface area contributed by atoms with Gasteiger partial charge in [0.25, 0.3) is 5.91 Å². The summed E-state index contributed by atoms with van der Waals surface area (Å²) < 4.78 is 5.36. The number of piperidine rings is 1. The molecule has 1 aromatic carbocycles. The van der Waals surface area contributed by atoms with Crippen LogP contribution in [0, 0.1) is 11.3 Å². The Balaban J connectivity index is 1.58. The highest BCUT2D eigenvalue weighted by Gasteiger charge is 2.34. The predicted molar refractivity (Wildman–Crippen MR) is 137 cm³/mol. The molecule has 36 heavy (non-hydrogen) atoms. The van der Waals surface area contributed by atoms with Gasteiger partial charge in [-0.25, -0.2) is 4.79 Å². The highest BCUT2D eigenvalue weighted by molar-refractivity contribution is 6.43. The topological polar surface area (TPSA) is 126 Å². The smallest absolute Gasteiger partial charge is 0.447 e. The number of likely N-dealkylation sites (tertiary alicyclic amines) is 2. The molecule has 2 saturated heterocycles. The van der Waals surface area contributed by atoms with Crippen LogP contribution in [0.4, 0.5) is 4.79 Å².